The Bertz CT molecular complexity index is 2050. The van der Waals surface area contributed by atoms with Crippen molar-refractivity contribution in [1.29, 1.82) is 0 Å². The van der Waals surface area contributed by atoms with Crippen molar-refractivity contribution in [1.82, 2.24) is 29.1 Å². The van der Waals surface area contributed by atoms with Crippen LogP contribution in [0.2, 0.25) is 0 Å². The molecule has 0 spiro atoms. The largest absolute Gasteiger partial charge is 0.279 e. The van der Waals surface area contributed by atoms with Crippen LogP contribution in [0.15, 0.2) is 133 Å². The number of rotatable bonds is 4. The lowest BCUT2D eigenvalue weighted by Crippen LogP contribution is -2.11. The second-order valence-electron chi connectivity index (χ2n) is 9.62. The third kappa shape index (κ3) is 3.50. The first-order chi connectivity index (χ1) is 19.8. The summed E-state index contributed by atoms with van der Waals surface area (Å²) in [5.41, 5.74) is 5.77. The Morgan fingerprint density at radius 2 is 0.850 bits per heavy atom. The number of hydrogen-bond donors (Lipinski definition) is 0. The van der Waals surface area contributed by atoms with Crippen LogP contribution in [0, 0.1) is 0 Å². The van der Waals surface area contributed by atoms with Crippen LogP contribution in [0.25, 0.3) is 67.5 Å². The van der Waals surface area contributed by atoms with Crippen molar-refractivity contribution >= 4 is 32.8 Å². The van der Waals surface area contributed by atoms with Gasteiger partial charge in [-0.1, -0.05) is 109 Å². The molecule has 5 aromatic carbocycles. The van der Waals surface area contributed by atoms with Crippen molar-refractivity contribution in [3.63, 3.8) is 0 Å². The van der Waals surface area contributed by atoms with Crippen LogP contribution in [-0.4, -0.2) is 29.1 Å². The van der Waals surface area contributed by atoms with Gasteiger partial charge in [-0.15, -0.1) is 0 Å². The van der Waals surface area contributed by atoms with Crippen molar-refractivity contribution in [3.8, 4) is 34.7 Å². The van der Waals surface area contributed by atoms with E-state index in [0.29, 0.717) is 17.6 Å². The zero-order valence-corrected chi connectivity index (χ0v) is 21.4. The molecule has 0 atom stereocenters. The number of hydrogen-bond acceptors (Lipinski definition) is 4. The molecule has 3 aromatic heterocycles. The van der Waals surface area contributed by atoms with Gasteiger partial charge in [-0.2, -0.15) is 9.97 Å². The minimum Gasteiger partial charge on any atom is -0.279 e. The van der Waals surface area contributed by atoms with Crippen molar-refractivity contribution in [2.75, 3.05) is 0 Å². The molecule has 0 aliphatic heterocycles. The van der Waals surface area contributed by atoms with Crippen LogP contribution in [0.5, 0.6) is 0 Å². The maximum atomic E-state index is 5.16. The Balaban J connectivity index is 1.49. The Hall–Kier alpha value is -5.62. The molecule has 0 aliphatic carbocycles. The SMILES string of the molecule is c1ccc(-c2nc(-c3ccccc3)nc(-n3c(-n4c5ccccc5c5ccccc54)nc4ccccc43)n2)cc1. The molecule has 3 heterocycles. The fourth-order valence-corrected chi connectivity index (χ4v) is 5.40. The van der Waals surface area contributed by atoms with Crippen LogP contribution >= 0.6 is 0 Å². The highest BCUT2D eigenvalue weighted by Crippen LogP contribution is 2.34. The summed E-state index contributed by atoms with van der Waals surface area (Å²) < 4.78 is 4.26. The fraction of sp³-hybridized carbons (Fsp3) is 0. The number of benzene rings is 5. The number of aromatic nitrogens is 6. The van der Waals surface area contributed by atoms with Gasteiger partial charge in [0.2, 0.25) is 11.9 Å². The molecule has 6 heteroatoms. The van der Waals surface area contributed by atoms with E-state index in [1.54, 1.807) is 0 Å². The molecule has 0 unspecified atom stereocenters. The highest BCUT2D eigenvalue weighted by molar-refractivity contribution is 6.09. The van der Waals surface area contributed by atoms with Gasteiger partial charge in [-0.25, -0.2) is 14.5 Å². The molecule has 0 bridgehead atoms. The first-order valence-electron chi connectivity index (χ1n) is 13.2. The van der Waals surface area contributed by atoms with Gasteiger partial charge in [0, 0.05) is 21.9 Å². The fourth-order valence-electron chi connectivity index (χ4n) is 5.40. The molecule has 0 radical (unpaired) electrons. The first kappa shape index (κ1) is 22.4. The molecule has 0 N–H and O–H groups in total. The average molecular weight is 515 g/mol. The van der Waals surface area contributed by atoms with E-state index in [-0.39, 0.29) is 0 Å². The lowest BCUT2D eigenvalue weighted by atomic mass is 10.2. The standard InChI is InChI=1S/C34H22N6/c1-3-13-23(14-4-1)31-36-32(24-15-5-2-6-16-24)38-33(37-31)40-30-22-12-9-19-27(30)35-34(40)39-28-20-10-7-17-25(28)26-18-8-11-21-29(26)39/h1-22H. The summed E-state index contributed by atoms with van der Waals surface area (Å²) >= 11 is 0. The van der Waals surface area contributed by atoms with E-state index in [1.165, 1.54) is 10.8 Å². The van der Waals surface area contributed by atoms with Gasteiger partial charge in [0.05, 0.1) is 22.1 Å². The molecule has 0 saturated heterocycles. The smallest absolute Gasteiger partial charge is 0.241 e. The molecule has 0 saturated carbocycles. The Morgan fingerprint density at radius 1 is 0.375 bits per heavy atom. The predicted molar refractivity (Wildman–Crippen MR) is 160 cm³/mol. The molecule has 0 fully saturated rings. The molecule has 188 valence electrons. The van der Waals surface area contributed by atoms with Crippen LogP contribution in [0.3, 0.4) is 0 Å². The van der Waals surface area contributed by atoms with Crippen molar-refractivity contribution in [2.45, 2.75) is 0 Å². The van der Waals surface area contributed by atoms with E-state index >= 15 is 0 Å². The molecular weight excluding hydrogens is 492 g/mol. The first-order valence-corrected chi connectivity index (χ1v) is 13.2. The van der Waals surface area contributed by atoms with Gasteiger partial charge < -0.3 is 0 Å². The van der Waals surface area contributed by atoms with Crippen LogP contribution in [0.1, 0.15) is 0 Å². The summed E-state index contributed by atoms with van der Waals surface area (Å²) in [6, 6.07) is 45.1. The van der Waals surface area contributed by atoms with Crippen molar-refractivity contribution < 1.29 is 0 Å². The average Bonchev–Trinajstić information content (AvgIpc) is 3.57. The zero-order valence-electron chi connectivity index (χ0n) is 21.4. The second kappa shape index (κ2) is 8.99. The summed E-state index contributed by atoms with van der Waals surface area (Å²) in [7, 11) is 0. The summed E-state index contributed by atoms with van der Waals surface area (Å²) in [4.78, 5) is 20.1. The molecule has 8 rings (SSSR count). The lowest BCUT2D eigenvalue weighted by molar-refractivity contribution is 0.876. The molecular formula is C34H22N6. The maximum Gasteiger partial charge on any atom is 0.241 e. The lowest BCUT2D eigenvalue weighted by Gasteiger charge is -2.13. The van der Waals surface area contributed by atoms with Crippen LogP contribution in [0.4, 0.5) is 0 Å². The van der Waals surface area contributed by atoms with E-state index in [2.05, 4.69) is 63.7 Å². The molecule has 8 aromatic rings. The highest BCUT2D eigenvalue weighted by Gasteiger charge is 2.22. The number of nitrogens with zero attached hydrogens (tertiary/aromatic N) is 6. The number of imidazole rings is 1. The summed E-state index contributed by atoms with van der Waals surface area (Å²) in [6.07, 6.45) is 0. The number of fused-ring (bicyclic) bond motifs is 4. The number of para-hydroxylation sites is 4. The van der Waals surface area contributed by atoms with Gasteiger partial charge in [0.25, 0.3) is 0 Å². The third-order valence-corrected chi connectivity index (χ3v) is 7.21. The van der Waals surface area contributed by atoms with E-state index in [1.807, 2.05) is 78.9 Å². The second-order valence-corrected chi connectivity index (χ2v) is 9.62. The van der Waals surface area contributed by atoms with Gasteiger partial charge in [-0.3, -0.25) is 4.57 Å². The normalized spacial score (nSPS) is 11.5. The predicted octanol–water partition coefficient (Wildman–Crippen LogP) is 7.64. The highest BCUT2D eigenvalue weighted by atomic mass is 15.3. The Morgan fingerprint density at radius 3 is 1.43 bits per heavy atom. The van der Waals surface area contributed by atoms with Gasteiger partial charge in [0.15, 0.2) is 11.6 Å². The van der Waals surface area contributed by atoms with Crippen molar-refractivity contribution in [3.05, 3.63) is 133 Å². The van der Waals surface area contributed by atoms with Crippen LogP contribution in [-0.2, 0) is 0 Å². The van der Waals surface area contributed by atoms with E-state index in [0.717, 1.165) is 39.1 Å². The molecule has 40 heavy (non-hydrogen) atoms. The minimum absolute atomic E-state index is 0.512. The maximum absolute atomic E-state index is 5.16. The Labute approximate surface area is 229 Å². The third-order valence-electron chi connectivity index (χ3n) is 7.21. The summed E-state index contributed by atoms with van der Waals surface area (Å²) in [5.74, 6) is 2.45. The molecule has 0 aliphatic rings. The summed E-state index contributed by atoms with van der Waals surface area (Å²) in [5, 5.41) is 2.34. The minimum atomic E-state index is 0.512. The van der Waals surface area contributed by atoms with Gasteiger partial charge in [0.1, 0.15) is 0 Å². The zero-order chi connectivity index (χ0) is 26.5. The molecule has 6 nitrogen and oxygen atoms in total. The Kier molecular flexibility index (Phi) is 5.03. The van der Waals surface area contributed by atoms with E-state index in [4.69, 9.17) is 19.9 Å². The van der Waals surface area contributed by atoms with Gasteiger partial charge in [-0.05, 0) is 24.3 Å². The summed E-state index contributed by atoms with van der Waals surface area (Å²) in [6.45, 7) is 0. The quantitative estimate of drug-likeness (QED) is 0.242. The van der Waals surface area contributed by atoms with Gasteiger partial charge >= 0.3 is 0 Å². The van der Waals surface area contributed by atoms with Crippen LogP contribution < -0.4 is 0 Å². The molecule has 0 amide bonds. The van der Waals surface area contributed by atoms with E-state index in [9.17, 15) is 0 Å². The topological polar surface area (TPSA) is 61.4 Å². The monoisotopic (exact) mass is 514 g/mol. The van der Waals surface area contributed by atoms with E-state index < -0.39 is 0 Å². The van der Waals surface area contributed by atoms with Crippen molar-refractivity contribution in [2.24, 2.45) is 0 Å².